The number of hydrogen-bond acceptors (Lipinski definition) is 1. The van der Waals surface area contributed by atoms with E-state index < -0.39 is 0 Å². The lowest BCUT2D eigenvalue weighted by Gasteiger charge is -2.15. The largest absolute Gasteiger partial charge is 0.295 e. The standard InChI is InChI=1S/C16H22O/c1-5-7-16-14(11-10-13(4)17)8-6-9-15(16)12(2)3/h6,8-12H,5,7H2,1-4H3/b11-10+. The molecule has 0 N–H and O–H groups in total. The minimum absolute atomic E-state index is 0.0994. The fourth-order valence-corrected chi connectivity index (χ4v) is 2.07. The molecule has 1 rings (SSSR count). The number of hydrogen-bond donors (Lipinski definition) is 0. The van der Waals surface area contributed by atoms with Crippen molar-refractivity contribution in [1.82, 2.24) is 0 Å². The molecule has 0 saturated carbocycles. The van der Waals surface area contributed by atoms with Gasteiger partial charge in [-0.25, -0.2) is 0 Å². The molecule has 0 heterocycles. The van der Waals surface area contributed by atoms with Gasteiger partial charge in [-0.15, -0.1) is 0 Å². The first-order valence-electron chi connectivity index (χ1n) is 6.36. The monoisotopic (exact) mass is 230 g/mol. The van der Waals surface area contributed by atoms with Crippen molar-refractivity contribution in [3.05, 3.63) is 41.0 Å². The molecule has 0 spiro atoms. The Hall–Kier alpha value is -1.37. The molecule has 92 valence electrons. The second-order valence-electron chi connectivity index (χ2n) is 4.76. The van der Waals surface area contributed by atoms with Gasteiger partial charge in [0.2, 0.25) is 0 Å². The molecule has 0 fully saturated rings. The molecule has 1 aromatic rings. The number of ketones is 1. The normalized spacial score (nSPS) is 11.4. The molecule has 0 radical (unpaired) electrons. The first kappa shape index (κ1) is 13.7. The lowest BCUT2D eigenvalue weighted by Crippen LogP contribution is -1.99. The van der Waals surface area contributed by atoms with Crippen molar-refractivity contribution in [2.45, 2.75) is 46.5 Å². The minimum Gasteiger partial charge on any atom is -0.295 e. The maximum Gasteiger partial charge on any atom is 0.152 e. The van der Waals surface area contributed by atoms with Gasteiger partial charge in [0.1, 0.15) is 0 Å². The van der Waals surface area contributed by atoms with Crippen LogP contribution in [0.2, 0.25) is 0 Å². The van der Waals surface area contributed by atoms with Crippen LogP contribution in [-0.4, -0.2) is 5.78 Å². The van der Waals surface area contributed by atoms with E-state index in [1.165, 1.54) is 16.7 Å². The van der Waals surface area contributed by atoms with Crippen molar-refractivity contribution in [3.63, 3.8) is 0 Å². The minimum atomic E-state index is 0.0994. The molecule has 0 atom stereocenters. The lowest BCUT2D eigenvalue weighted by molar-refractivity contribution is -0.112. The van der Waals surface area contributed by atoms with Crippen molar-refractivity contribution < 1.29 is 4.79 Å². The number of carbonyl (C=O) groups excluding carboxylic acids is 1. The zero-order valence-corrected chi connectivity index (χ0v) is 11.3. The van der Waals surface area contributed by atoms with Gasteiger partial charge in [-0.1, -0.05) is 51.5 Å². The number of carbonyl (C=O) groups is 1. The van der Waals surface area contributed by atoms with Gasteiger partial charge in [0.15, 0.2) is 5.78 Å². The molecular formula is C16H22O. The third-order valence-corrected chi connectivity index (χ3v) is 2.87. The fourth-order valence-electron chi connectivity index (χ4n) is 2.07. The van der Waals surface area contributed by atoms with E-state index in [1.54, 1.807) is 13.0 Å². The highest BCUT2D eigenvalue weighted by Gasteiger charge is 2.08. The molecule has 0 amide bonds. The Labute approximate surface area is 105 Å². The second kappa shape index (κ2) is 6.39. The molecule has 0 aromatic heterocycles. The Morgan fingerprint density at radius 3 is 2.59 bits per heavy atom. The molecule has 1 heteroatoms. The SMILES string of the molecule is CCCc1c(/C=C/C(C)=O)cccc1C(C)C. The molecule has 0 aliphatic rings. The van der Waals surface area contributed by atoms with E-state index in [4.69, 9.17) is 0 Å². The first-order chi connectivity index (χ1) is 8.06. The van der Waals surface area contributed by atoms with Crippen LogP contribution in [0, 0.1) is 0 Å². The van der Waals surface area contributed by atoms with Gasteiger partial charge in [0.25, 0.3) is 0 Å². The van der Waals surface area contributed by atoms with E-state index in [1.807, 2.05) is 6.08 Å². The molecule has 1 aromatic carbocycles. The smallest absolute Gasteiger partial charge is 0.152 e. The van der Waals surface area contributed by atoms with Crippen LogP contribution in [0.5, 0.6) is 0 Å². The maximum absolute atomic E-state index is 11.0. The summed E-state index contributed by atoms with van der Waals surface area (Å²) in [5.74, 6) is 0.629. The topological polar surface area (TPSA) is 17.1 Å². The number of rotatable bonds is 5. The van der Waals surface area contributed by atoms with Gasteiger partial charge in [-0.05, 0) is 42.0 Å². The highest BCUT2D eigenvalue weighted by atomic mass is 16.1. The van der Waals surface area contributed by atoms with Crippen LogP contribution < -0.4 is 0 Å². The van der Waals surface area contributed by atoms with Crippen molar-refractivity contribution in [2.24, 2.45) is 0 Å². The van der Waals surface area contributed by atoms with Crippen LogP contribution in [0.25, 0.3) is 6.08 Å². The summed E-state index contributed by atoms with van der Waals surface area (Å²) in [6, 6.07) is 6.37. The van der Waals surface area contributed by atoms with Crippen molar-refractivity contribution >= 4 is 11.9 Å². The van der Waals surface area contributed by atoms with Gasteiger partial charge in [-0.3, -0.25) is 4.79 Å². The molecule has 0 unspecified atom stereocenters. The summed E-state index contributed by atoms with van der Waals surface area (Å²) in [6.45, 7) is 8.21. The van der Waals surface area contributed by atoms with Crippen molar-refractivity contribution in [1.29, 1.82) is 0 Å². The maximum atomic E-state index is 11.0. The third kappa shape index (κ3) is 3.85. The van der Waals surface area contributed by atoms with E-state index in [0.29, 0.717) is 5.92 Å². The van der Waals surface area contributed by atoms with Crippen LogP contribution in [-0.2, 0) is 11.2 Å². The summed E-state index contributed by atoms with van der Waals surface area (Å²) in [4.78, 5) is 11.0. The molecule has 0 saturated heterocycles. The average molecular weight is 230 g/mol. The predicted octanol–water partition coefficient (Wildman–Crippen LogP) is 4.36. The van der Waals surface area contributed by atoms with E-state index in [-0.39, 0.29) is 5.78 Å². The average Bonchev–Trinajstić information content (AvgIpc) is 2.27. The van der Waals surface area contributed by atoms with Gasteiger partial charge in [-0.2, -0.15) is 0 Å². The Morgan fingerprint density at radius 1 is 1.35 bits per heavy atom. The van der Waals surface area contributed by atoms with E-state index >= 15 is 0 Å². The molecule has 0 aliphatic carbocycles. The zero-order valence-electron chi connectivity index (χ0n) is 11.3. The van der Waals surface area contributed by atoms with Crippen LogP contribution in [0.15, 0.2) is 24.3 Å². The predicted molar refractivity (Wildman–Crippen MR) is 74.2 cm³/mol. The van der Waals surface area contributed by atoms with Gasteiger partial charge < -0.3 is 0 Å². The van der Waals surface area contributed by atoms with Crippen molar-refractivity contribution in [3.8, 4) is 0 Å². The highest BCUT2D eigenvalue weighted by Crippen LogP contribution is 2.25. The summed E-state index contributed by atoms with van der Waals surface area (Å²) in [5, 5.41) is 0. The lowest BCUT2D eigenvalue weighted by atomic mass is 9.90. The van der Waals surface area contributed by atoms with E-state index in [9.17, 15) is 4.79 Å². The molecule has 0 aliphatic heterocycles. The first-order valence-corrected chi connectivity index (χ1v) is 6.36. The van der Waals surface area contributed by atoms with Crippen LogP contribution in [0.1, 0.15) is 56.7 Å². The third-order valence-electron chi connectivity index (χ3n) is 2.87. The Bertz CT molecular complexity index is 414. The summed E-state index contributed by atoms with van der Waals surface area (Å²) in [5.41, 5.74) is 3.98. The molecule has 0 bridgehead atoms. The summed E-state index contributed by atoms with van der Waals surface area (Å²) < 4.78 is 0. The second-order valence-corrected chi connectivity index (χ2v) is 4.76. The van der Waals surface area contributed by atoms with Gasteiger partial charge in [0.05, 0.1) is 0 Å². The van der Waals surface area contributed by atoms with E-state index in [0.717, 1.165) is 12.8 Å². The Balaban J connectivity index is 3.19. The molecule has 1 nitrogen and oxygen atoms in total. The zero-order chi connectivity index (χ0) is 12.8. The summed E-state index contributed by atoms with van der Waals surface area (Å²) >= 11 is 0. The molecule has 17 heavy (non-hydrogen) atoms. The van der Waals surface area contributed by atoms with Gasteiger partial charge >= 0.3 is 0 Å². The Kier molecular flexibility index (Phi) is 5.14. The van der Waals surface area contributed by atoms with Crippen LogP contribution >= 0.6 is 0 Å². The van der Waals surface area contributed by atoms with Gasteiger partial charge in [0, 0.05) is 0 Å². The van der Waals surface area contributed by atoms with Crippen LogP contribution in [0.3, 0.4) is 0 Å². The van der Waals surface area contributed by atoms with E-state index in [2.05, 4.69) is 39.0 Å². The number of allylic oxidation sites excluding steroid dienone is 1. The molecular weight excluding hydrogens is 208 g/mol. The quantitative estimate of drug-likeness (QED) is 0.687. The van der Waals surface area contributed by atoms with Crippen molar-refractivity contribution in [2.75, 3.05) is 0 Å². The Morgan fingerprint density at radius 2 is 2.06 bits per heavy atom. The fraction of sp³-hybridized carbons (Fsp3) is 0.438. The highest BCUT2D eigenvalue weighted by molar-refractivity contribution is 5.91. The summed E-state index contributed by atoms with van der Waals surface area (Å²) in [7, 11) is 0. The summed E-state index contributed by atoms with van der Waals surface area (Å²) in [6.07, 6.45) is 5.80. The van der Waals surface area contributed by atoms with Crippen LogP contribution in [0.4, 0.5) is 0 Å². The number of benzene rings is 1.